The topological polar surface area (TPSA) is 69.8 Å². The number of nitrogens with two attached hydrogens (primary N) is 1. The van der Waals surface area contributed by atoms with E-state index in [4.69, 9.17) is 5.73 Å². The van der Waals surface area contributed by atoms with Gasteiger partial charge in [-0.05, 0) is 43.6 Å². The maximum Gasteiger partial charge on any atom is 0.146 e. The standard InChI is InChI=1S/C18H22FN3O2/c19-15-4-2-12-1-3-14(9-23)22-11-18(24,16(15)17(12)22)10-21-7-5-13(20)6-8-21/h1-4,9,13-14,24H,5-8,10-11,20H2. The molecule has 6 heteroatoms. The van der Waals surface area contributed by atoms with Crippen LogP contribution in [0.25, 0.3) is 6.08 Å². The Morgan fingerprint density at radius 3 is 2.83 bits per heavy atom. The Kier molecular flexibility index (Phi) is 3.71. The molecule has 0 bridgehead atoms. The molecule has 24 heavy (non-hydrogen) atoms. The van der Waals surface area contributed by atoms with E-state index < -0.39 is 17.5 Å². The molecule has 1 saturated heterocycles. The average Bonchev–Trinajstić information content (AvgIpc) is 2.88. The summed E-state index contributed by atoms with van der Waals surface area (Å²) in [7, 11) is 0. The Bertz CT molecular complexity index is 700. The maximum atomic E-state index is 14.6. The highest BCUT2D eigenvalue weighted by atomic mass is 19.1. The lowest BCUT2D eigenvalue weighted by Crippen LogP contribution is -2.49. The smallest absolute Gasteiger partial charge is 0.146 e. The third-order valence-corrected chi connectivity index (χ3v) is 5.43. The predicted octanol–water partition coefficient (Wildman–Crippen LogP) is 0.851. The molecule has 0 radical (unpaired) electrons. The number of carbonyl (C=O) groups excluding carboxylic acids is 1. The molecular weight excluding hydrogens is 309 g/mol. The van der Waals surface area contributed by atoms with Crippen LogP contribution in [0.3, 0.4) is 0 Å². The summed E-state index contributed by atoms with van der Waals surface area (Å²) in [4.78, 5) is 15.4. The number of β-amino-alcohol motifs (C(OH)–C–C–N with tert-alkyl or cyclic N) is 1. The van der Waals surface area contributed by atoms with Crippen LogP contribution in [0.1, 0.15) is 24.0 Å². The molecule has 1 aromatic carbocycles. The molecule has 128 valence electrons. The molecule has 0 amide bonds. The van der Waals surface area contributed by atoms with E-state index in [1.54, 1.807) is 12.1 Å². The van der Waals surface area contributed by atoms with Crippen molar-refractivity contribution in [3.05, 3.63) is 35.2 Å². The molecule has 2 atom stereocenters. The summed E-state index contributed by atoms with van der Waals surface area (Å²) in [6.45, 7) is 2.19. The summed E-state index contributed by atoms with van der Waals surface area (Å²) in [5, 5.41) is 11.3. The molecule has 5 nitrogen and oxygen atoms in total. The van der Waals surface area contributed by atoms with Gasteiger partial charge >= 0.3 is 0 Å². The zero-order valence-electron chi connectivity index (χ0n) is 13.5. The van der Waals surface area contributed by atoms with Gasteiger partial charge in [-0.25, -0.2) is 4.39 Å². The molecule has 0 aliphatic carbocycles. The molecule has 3 aliphatic rings. The second-order valence-electron chi connectivity index (χ2n) is 7.12. The summed E-state index contributed by atoms with van der Waals surface area (Å²) in [6, 6.07) is 2.85. The summed E-state index contributed by atoms with van der Waals surface area (Å²) in [5.41, 5.74) is 6.46. The number of halogens is 1. The summed E-state index contributed by atoms with van der Waals surface area (Å²) >= 11 is 0. The number of hydrogen-bond acceptors (Lipinski definition) is 5. The highest BCUT2D eigenvalue weighted by Gasteiger charge is 2.48. The van der Waals surface area contributed by atoms with Crippen LogP contribution in [0.4, 0.5) is 10.1 Å². The Labute approximate surface area is 140 Å². The second kappa shape index (κ2) is 5.65. The lowest BCUT2D eigenvalue weighted by Gasteiger charge is -2.36. The van der Waals surface area contributed by atoms with E-state index in [0.717, 1.165) is 37.8 Å². The van der Waals surface area contributed by atoms with Crippen LogP contribution >= 0.6 is 0 Å². The van der Waals surface area contributed by atoms with E-state index in [9.17, 15) is 14.3 Å². The van der Waals surface area contributed by atoms with Gasteiger partial charge in [0.25, 0.3) is 0 Å². The van der Waals surface area contributed by atoms with Crippen molar-refractivity contribution in [3.63, 3.8) is 0 Å². The van der Waals surface area contributed by atoms with Gasteiger partial charge in [0, 0.05) is 18.2 Å². The number of benzene rings is 1. The molecule has 3 N–H and O–H groups in total. The fourth-order valence-corrected chi connectivity index (χ4v) is 4.20. The predicted molar refractivity (Wildman–Crippen MR) is 90.2 cm³/mol. The van der Waals surface area contributed by atoms with E-state index in [1.165, 1.54) is 6.07 Å². The fraction of sp³-hybridized carbons (Fsp3) is 0.500. The van der Waals surface area contributed by atoms with Crippen molar-refractivity contribution in [2.75, 3.05) is 31.1 Å². The van der Waals surface area contributed by atoms with E-state index in [1.807, 2.05) is 11.0 Å². The van der Waals surface area contributed by atoms with Crippen LogP contribution in [0.2, 0.25) is 0 Å². The summed E-state index contributed by atoms with van der Waals surface area (Å²) in [6.07, 6.45) is 6.23. The van der Waals surface area contributed by atoms with E-state index in [2.05, 4.69) is 4.90 Å². The van der Waals surface area contributed by atoms with Gasteiger partial charge in [0.05, 0.1) is 12.2 Å². The van der Waals surface area contributed by atoms with Gasteiger partial charge in [-0.15, -0.1) is 0 Å². The van der Waals surface area contributed by atoms with Crippen molar-refractivity contribution in [1.29, 1.82) is 0 Å². The Morgan fingerprint density at radius 1 is 1.38 bits per heavy atom. The van der Waals surface area contributed by atoms with Gasteiger partial charge in [-0.1, -0.05) is 12.2 Å². The van der Waals surface area contributed by atoms with Crippen LogP contribution in [-0.4, -0.2) is 54.6 Å². The number of carbonyl (C=O) groups is 1. The second-order valence-corrected chi connectivity index (χ2v) is 7.12. The first kappa shape index (κ1) is 15.7. The van der Waals surface area contributed by atoms with Crippen molar-refractivity contribution in [3.8, 4) is 0 Å². The van der Waals surface area contributed by atoms with E-state index >= 15 is 0 Å². The highest BCUT2D eigenvalue weighted by molar-refractivity contribution is 5.85. The minimum atomic E-state index is -1.32. The lowest BCUT2D eigenvalue weighted by atomic mass is 9.92. The van der Waals surface area contributed by atoms with Crippen LogP contribution in [0, 0.1) is 5.82 Å². The number of anilines is 1. The molecule has 0 saturated carbocycles. The number of piperidine rings is 1. The number of aldehydes is 1. The van der Waals surface area contributed by atoms with Crippen molar-refractivity contribution in [2.24, 2.45) is 5.73 Å². The number of hydrogen-bond donors (Lipinski definition) is 2. The van der Waals surface area contributed by atoms with Crippen molar-refractivity contribution in [1.82, 2.24) is 4.90 Å². The van der Waals surface area contributed by atoms with E-state index in [0.29, 0.717) is 17.8 Å². The lowest BCUT2D eigenvalue weighted by molar-refractivity contribution is -0.108. The molecule has 1 fully saturated rings. The maximum absolute atomic E-state index is 14.6. The van der Waals surface area contributed by atoms with Gasteiger partial charge < -0.3 is 20.5 Å². The SMILES string of the molecule is NC1CCN(CC2(O)CN3c4c(ccc(F)c42)C=CC3C=O)CC1. The molecular formula is C18H22FN3O2. The van der Waals surface area contributed by atoms with Gasteiger partial charge in [-0.2, -0.15) is 0 Å². The molecule has 0 aromatic heterocycles. The zero-order valence-corrected chi connectivity index (χ0v) is 13.5. The minimum absolute atomic E-state index is 0.206. The number of rotatable bonds is 3. The zero-order chi connectivity index (χ0) is 16.9. The first-order chi connectivity index (χ1) is 11.5. The minimum Gasteiger partial charge on any atom is -0.382 e. The van der Waals surface area contributed by atoms with Crippen LogP contribution < -0.4 is 10.6 Å². The van der Waals surface area contributed by atoms with Crippen molar-refractivity contribution in [2.45, 2.75) is 30.5 Å². The average molecular weight is 331 g/mol. The molecule has 2 unspecified atom stereocenters. The molecule has 0 spiro atoms. The molecule has 1 aromatic rings. The van der Waals surface area contributed by atoms with Crippen LogP contribution in [0.15, 0.2) is 18.2 Å². The number of aliphatic hydroxyl groups is 1. The molecule has 3 aliphatic heterocycles. The third-order valence-electron chi connectivity index (χ3n) is 5.43. The Hall–Kier alpha value is -1.76. The number of likely N-dealkylation sites (tertiary alicyclic amines) is 1. The van der Waals surface area contributed by atoms with Crippen molar-refractivity contribution < 1.29 is 14.3 Å². The summed E-state index contributed by atoms with van der Waals surface area (Å²) < 4.78 is 14.6. The van der Waals surface area contributed by atoms with Gasteiger partial charge in [0.1, 0.15) is 23.7 Å². The quantitative estimate of drug-likeness (QED) is 0.804. The normalized spacial score (nSPS) is 29.8. The van der Waals surface area contributed by atoms with Crippen molar-refractivity contribution >= 4 is 18.0 Å². The molecule has 3 heterocycles. The van der Waals surface area contributed by atoms with Gasteiger partial charge in [-0.3, -0.25) is 4.90 Å². The fourth-order valence-electron chi connectivity index (χ4n) is 4.20. The number of nitrogens with zero attached hydrogens (tertiary/aromatic N) is 2. The summed E-state index contributed by atoms with van der Waals surface area (Å²) in [5.74, 6) is -0.410. The van der Waals surface area contributed by atoms with Gasteiger partial charge in [0.2, 0.25) is 0 Å². The van der Waals surface area contributed by atoms with Gasteiger partial charge in [0.15, 0.2) is 0 Å². The van der Waals surface area contributed by atoms with Crippen LogP contribution in [0.5, 0.6) is 0 Å². The first-order valence-corrected chi connectivity index (χ1v) is 8.45. The van der Waals surface area contributed by atoms with Crippen LogP contribution in [-0.2, 0) is 10.4 Å². The Balaban J connectivity index is 1.70. The van der Waals surface area contributed by atoms with E-state index in [-0.39, 0.29) is 12.6 Å². The Morgan fingerprint density at radius 2 is 2.12 bits per heavy atom. The monoisotopic (exact) mass is 331 g/mol. The largest absolute Gasteiger partial charge is 0.382 e. The first-order valence-electron chi connectivity index (χ1n) is 8.45. The molecule has 4 rings (SSSR count). The highest BCUT2D eigenvalue weighted by Crippen LogP contribution is 2.46. The third kappa shape index (κ3) is 2.37.